The first kappa shape index (κ1) is 14.5. The van der Waals surface area contributed by atoms with Crippen LogP contribution < -0.4 is 5.14 Å². The van der Waals surface area contributed by atoms with E-state index in [0.717, 1.165) is 0 Å². The Bertz CT molecular complexity index is 1130. The molecule has 1 aromatic carbocycles. The highest BCUT2D eigenvalue weighted by Gasteiger charge is 2.22. The van der Waals surface area contributed by atoms with Crippen molar-refractivity contribution < 1.29 is 12.8 Å². The lowest BCUT2D eigenvalue weighted by Gasteiger charge is -2.10. The summed E-state index contributed by atoms with van der Waals surface area (Å²) in [5.41, 5.74) is 2.72. The van der Waals surface area contributed by atoms with Gasteiger partial charge in [0.2, 0.25) is 15.8 Å². The molecule has 0 bridgehead atoms. The second-order valence-corrected chi connectivity index (χ2v) is 6.52. The number of H-pyrrole nitrogens is 1. The quantitative estimate of drug-likeness (QED) is 0.572. The van der Waals surface area contributed by atoms with Gasteiger partial charge in [0.05, 0.1) is 16.7 Å². The van der Waals surface area contributed by atoms with Gasteiger partial charge in [0.1, 0.15) is 5.52 Å². The summed E-state index contributed by atoms with van der Waals surface area (Å²) in [7, 11) is -3.99. The highest BCUT2D eigenvalue weighted by atomic mass is 32.2. The van der Waals surface area contributed by atoms with E-state index in [1.807, 2.05) is 0 Å². The zero-order chi connectivity index (χ0) is 16.7. The Kier molecular flexibility index (Phi) is 3.15. The average molecular weight is 342 g/mol. The molecule has 24 heavy (non-hydrogen) atoms. The average Bonchev–Trinajstić information content (AvgIpc) is 3.24. The number of nitrogens with two attached hydrogens (primary N) is 1. The number of pyridine rings is 1. The van der Waals surface area contributed by atoms with Gasteiger partial charge in [0.15, 0.2) is 5.58 Å². The number of benzene rings is 1. The molecule has 0 amide bonds. The highest BCUT2D eigenvalue weighted by molar-refractivity contribution is 7.89. The van der Waals surface area contributed by atoms with Gasteiger partial charge in [0.25, 0.3) is 0 Å². The first-order chi connectivity index (χ1) is 11.5. The number of nitrogens with zero attached hydrogens (tertiary/aromatic N) is 4. The Labute approximate surface area is 135 Å². The van der Waals surface area contributed by atoms with E-state index in [1.165, 1.54) is 12.3 Å². The van der Waals surface area contributed by atoms with Crippen LogP contribution in [-0.4, -0.2) is 34.0 Å². The summed E-state index contributed by atoms with van der Waals surface area (Å²) >= 11 is 0. The third-order valence-corrected chi connectivity index (χ3v) is 4.47. The number of sulfonamides is 1. The van der Waals surface area contributed by atoms with Gasteiger partial charge < -0.3 is 4.42 Å². The maximum absolute atomic E-state index is 12.0. The van der Waals surface area contributed by atoms with Crippen molar-refractivity contribution in [3.8, 4) is 22.5 Å². The van der Waals surface area contributed by atoms with Crippen LogP contribution in [0.25, 0.3) is 33.6 Å². The van der Waals surface area contributed by atoms with Gasteiger partial charge in [-0.15, -0.1) is 10.2 Å². The first-order valence-corrected chi connectivity index (χ1v) is 8.32. The van der Waals surface area contributed by atoms with E-state index in [1.54, 1.807) is 30.5 Å². The number of aromatic amines is 1. The molecule has 0 aliphatic heterocycles. The van der Waals surface area contributed by atoms with Crippen molar-refractivity contribution in [2.45, 2.75) is 4.90 Å². The molecule has 3 heterocycles. The molecule has 0 saturated heterocycles. The SMILES string of the molecule is NS(=O)(=O)c1cccc(-c2cnc3ccoc3c2)c1-c1nn[nH]n1. The Hall–Kier alpha value is -3.11. The van der Waals surface area contributed by atoms with E-state index in [2.05, 4.69) is 25.6 Å². The van der Waals surface area contributed by atoms with Gasteiger partial charge in [-0.3, -0.25) is 4.98 Å². The van der Waals surface area contributed by atoms with E-state index < -0.39 is 10.0 Å². The van der Waals surface area contributed by atoms with Gasteiger partial charge in [-0.05, 0) is 22.9 Å². The minimum atomic E-state index is -3.99. The molecule has 0 atom stereocenters. The molecule has 0 aliphatic carbocycles. The van der Waals surface area contributed by atoms with Crippen molar-refractivity contribution in [3.05, 3.63) is 42.8 Å². The Balaban J connectivity index is 2.05. The molecule has 10 heteroatoms. The van der Waals surface area contributed by atoms with Gasteiger partial charge >= 0.3 is 0 Å². The number of furan rings is 1. The number of nitrogens with one attached hydrogen (secondary N) is 1. The fourth-order valence-corrected chi connectivity index (χ4v) is 3.25. The number of primary sulfonamides is 1. The molecule has 0 aliphatic rings. The van der Waals surface area contributed by atoms with Gasteiger partial charge in [-0.25, -0.2) is 13.6 Å². The van der Waals surface area contributed by atoms with Crippen molar-refractivity contribution in [1.29, 1.82) is 0 Å². The molecule has 3 N–H and O–H groups in total. The number of tetrazole rings is 1. The summed E-state index contributed by atoms with van der Waals surface area (Å²) < 4.78 is 29.3. The smallest absolute Gasteiger partial charge is 0.238 e. The van der Waals surface area contributed by atoms with Crippen LogP contribution in [0.4, 0.5) is 0 Å². The molecule has 4 rings (SSSR count). The fourth-order valence-electron chi connectivity index (χ4n) is 2.50. The molecule has 0 saturated carbocycles. The lowest BCUT2D eigenvalue weighted by atomic mass is 10.0. The zero-order valence-corrected chi connectivity index (χ0v) is 12.9. The fraction of sp³-hybridized carbons (Fsp3) is 0. The number of rotatable bonds is 3. The second kappa shape index (κ2) is 5.22. The topological polar surface area (TPSA) is 141 Å². The number of fused-ring (bicyclic) bond motifs is 1. The first-order valence-electron chi connectivity index (χ1n) is 6.77. The van der Waals surface area contributed by atoms with E-state index in [0.29, 0.717) is 22.2 Å². The summed E-state index contributed by atoms with van der Waals surface area (Å²) in [6.07, 6.45) is 3.14. The standard InChI is InChI=1S/C14H10N6O3S/c15-24(21,22)12-3-1-2-9(13(12)14-17-19-20-18-14)8-6-11-10(16-7-8)4-5-23-11/h1-7H,(H2,15,21,22)(H,17,18,19,20). The lowest BCUT2D eigenvalue weighted by Crippen LogP contribution is -2.14. The maximum Gasteiger partial charge on any atom is 0.238 e. The van der Waals surface area contributed by atoms with Crippen LogP contribution in [0.1, 0.15) is 0 Å². The maximum atomic E-state index is 12.0. The lowest BCUT2D eigenvalue weighted by molar-refractivity contribution is 0.598. The molecule has 4 aromatic rings. The molecule has 0 spiro atoms. The highest BCUT2D eigenvalue weighted by Crippen LogP contribution is 2.35. The molecule has 120 valence electrons. The Morgan fingerprint density at radius 1 is 1.21 bits per heavy atom. The molecular formula is C14H10N6O3S. The zero-order valence-electron chi connectivity index (χ0n) is 12.0. The van der Waals surface area contributed by atoms with Crippen molar-refractivity contribution in [3.63, 3.8) is 0 Å². The second-order valence-electron chi connectivity index (χ2n) is 4.99. The van der Waals surface area contributed by atoms with Crippen molar-refractivity contribution in [2.75, 3.05) is 0 Å². The van der Waals surface area contributed by atoms with E-state index >= 15 is 0 Å². The van der Waals surface area contributed by atoms with Crippen LogP contribution in [0.15, 0.2) is 52.1 Å². The Morgan fingerprint density at radius 2 is 2.08 bits per heavy atom. The van der Waals surface area contributed by atoms with Crippen LogP contribution in [0, 0.1) is 0 Å². The molecule has 0 radical (unpaired) electrons. The van der Waals surface area contributed by atoms with Gasteiger partial charge in [-0.2, -0.15) is 5.21 Å². The summed E-state index contributed by atoms with van der Waals surface area (Å²) in [6, 6.07) is 8.20. The van der Waals surface area contributed by atoms with E-state index in [9.17, 15) is 8.42 Å². The molecule has 0 fully saturated rings. The largest absolute Gasteiger partial charge is 0.463 e. The number of hydrogen-bond donors (Lipinski definition) is 2. The van der Waals surface area contributed by atoms with Crippen molar-refractivity contribution in [1.82, 2.24) is 25.6 Å². The normalized spacial score (nSPS) is 11.9. The number of hydrogen-bond acceptors (Lipinski definition) is 7. The van der Waals surface area contributed by atoms with E-state index in [-0.39, 0.29) is 16.3 Å². The third-order valence-electron chi connectivity index (χ3n) is 3.52. The van der Waals surface area contributed by atoms with Crippen LogP contribution in [0.3, 0.4) is 0 Å². The molecular weight excluding hydrogens is 332 g/mol. The minimum Gasteiger partial charge on any atom is -0.463 e. The minimum absolute atomic E-state index is 0.0964. The summed E-state index contributed by atoms with van der Waals surface area (Å²) in [4.78, 5) is 4.20. The van der Waals surface area contributed by atoms with Crippen LogP contribution >= 0.6 is 0 Å². The van der Waals surface area contributed by atoms with Gasteiger partial charge in [-0.1, -0.05) is 12.1 Å². The van der Waals surface area contributed by atoms with Crippen LogP contribution in [0.5, 0.6) is 0 Å². The Morgan fingerprint density at radius 3 is 2.83 bits per heavy atom. The summed E-state index contributed by atoms with van der Waals surface area (Å²) in [5, 5.41) is 18.9. The predicted octanol–water partition coefficient (Wildman–Crippen LogP) is 1.32. The van der Waals surface area contributed by atoms with Crippen LogP contribution in [0.2, 0.25) is 0 Å². The van der Waals surface area contributed by atoms with Crippen molar-refractivity contribution in [2.24, 2.45) is 5.14 Å². The van der Waals surface area contributed by atoms with Crippen LogP contribution in [-0.2, 0) is 10.0 Å². The molecule has 9 nitrogen and oxygen atoms in total. The summed E-state index contributed by atoms with van der Waals surface area (Å²) in [5.74, 6) is 0.120. The monoisotopic (exact) mass is 342 g/mol. The van der Waals surface area contributed by atoms with Gasteiger partial charge in [0, 0.05) is 17.8 Å². The number of aromatic nitrogens is 5. The van der Waals surface area contributed by atoms with Crippen molar-refractivity contribution >= 4 is 21.1 Å². The summed E-state index contributed by atoms with van der Waals surface area (Å²) in [6.45, 7) is 0. The molecule has 0 unspecified atom stereocenters. The predicted molar refractivity (Wildman–Crippen MR) is 84.0 cm³/mol. The third kappa shape index (κ3) is 2.33. The molecule has 3 aromatic heterocycles. The van der Waals surface area contributed by atoms with E-state index in [4.69, 9.17) is 9.56 Å².